The standard InChI is InChI=1S/C21H23FN2O5/c1-28-17-11-14-8-10-24(21(27)23-9-7-19(25)26)20(16(14)12-18(17)29-2)13-3-5-15(22)6-4-13/h3-6,11-12,20H,7-10H2,1-2H3,(H,23,27)(H,25,26)/t20-/m1/s1. The number of carboxylic acids is 1. The summed E-state index contributed by atoms with van der Waals surface area (Å²) in [5.74, 6) is -0.217. The van der Waals surface area contributed by atoms with Crippen LogP contribution >= 0.6 is 0 Å². The Kier molecular flexibility index (Phi) is 6.21. The van der Waals surface area contributed by atoms with Crippen LogP contribution in [0.15, 0.2) is 36.4 Å². The average molecular weight is 402 g/mol. The molecule has 1 aliphatic heterocycles. The first kappa shape index (κ1) is 20.4. The molecule has 7 nitrogen and oxygen atoms in total. The Morgan fingerprint density at radius 3 is 2.45 bits per heavy atom. The van der Waals surface area contributed by atoms with Gasteiger partial charge in [-0.05, 0) is 47.4 Å². The van der Waals surface area contributed by atoms with Gasteiger partial charge in [-0.2, -0.15) is 0 Å². The zero-order chi connectivity index (χ0) is 21.0. The minimum Gasteiger partial charge on any atom is -0.493 e. The topological polar surface area (TPSA) is 88.1 Å². The molecule has 1 heterocycles. The molecule has 0 bridgehead atoms. The van der Waals surface area contributed by atoms with Crippen LogP contribution in [0.2, 0.25) is 0 Å². The third-order valence-corrected chi connectivity index (χ3v) is 4.94. The average Bonchev–Trinajstić information content (AvgIpc) is 2.72. The Hall–Kier alpha value is -3.29. The highest BCUT2D eigenvalue weighted by molar-refractivity contribution is 5.77. The van der Waals surface area contributed by atoms with Crippen LogP contribution in [-0.4, -0.2) is 49.3 Å². The number of methoxy groups -OCH3 is 2. The molecular formula is C21H23FN2O5. The van der Waals surface area contributed by atoms with Crippen LogP contribution in [0.25, 0.3) is 0 Å². The normalized spacial score (nSPS) is 15.4. The largest absolute Gasteiger partial charge is 0.493 e. The van der Waals surface area contributed by atoms with E-state index in [1.807, 2.05) is 12.1 Å². The molecule has 0 radical (unpaired) electrons. The number of carbonyl (C=O) groups excluding carboxylic acids is 1. The molecule has 0 aromatic heterocycles. The lowest BCUT2D eigenvalue weighted by Gasteiger charge is -2.38. The summed E-state index contributed by atoms with van der Waals surface area (Å²) in [6.07, 6.45) is 0.433. The molecular weight excluding hydrogens is 379 g/mol. The van der Waals surface area contributed by atoms with Crippen LogP contribution in [0.3, 0.4) is 0 Å². The molecule has 0 saturated carbocycles. The van der Waals surface area contributed by atoms with E-state index in [4.69, 9.17) is 14.6 Å². The molecule has 2 aromatic carbocycles. The number of ether oxygens (including phenoxy) is 2. The molecule has 154 valence electrons. The van der Waals surface area contributed by atoms with Crippen molar-refractivity contribution >= 4 is 12.0 Å². The number of urea groups is 1. The van der Waals surface area contributed by atoms with E-state index in [2.05, 4.69) is 5.32 Å². The van der Waals surface area contributed by atoms with E-state index in [-0.39, 0.29) is 24.8 Å². The summed E-state index contributed by atoms with van der Waals surface area (Å²) in [6.45, 7) is 0.447. The molecule has 0 aliphatic carbocycles. The van der Waals surface area contributed by atoms with Crippen molar-refractivity contribution in [3.8, 4) is 11.5 Å². The molecule has 1 aliphatic rings. The fourth-order valence-corrected chi connectivity index (χ4v) is 3.55. The Balaban J connectivity index is 2.01. The van der Waals surface area contributed by atoms with Crippen molar-refractivity contribution in [2.75, 3.05) is 27.3 Å². The van der Waals surface area contributed by atoms with Gasteiger partial charge in [-0.3, -0.25) is 4.79 Å². The summed E-state index contributed by atoms with van der Waals surface area (Å²) in [4.78, 5) is 25.2. The highest BCUT2D eigenvalue weighted by Crippen LogP contribution is 2.41. The zero-order valence-corrected chi connectivity index (χ0v) is 16.3. The fourth-order valence-electron chi connectivity index (χ4n) is 3.55. The molecule has 2 aromatic rings. The molecule has 29 heavy (non-hydrogen) atoms. The first-order chi connectivity index (χ1) is 13.9. The monoisotopic (exact) mass is 402 g/mol. The molecule has 8 heteroatoms. The summed E-state index contributed by atoms with van der Waals surface area (Å²) in [6, 6.07) is 8.87. The summed E-state index contributed by atoms with van der Waals surface area (Å²) in [7, 11) is 3.10. The number of hydrogen-bond acceptors (Lipinski definition) is 4. The lowest BCUT2D eigenvalue weighted by atomic mass is 9.88. The van der Waals surface area contributed by atoms with Gasteiger partial charge in [0.25, 0.3) is 0 Å². The zero-order valence-electron chi connectivity index (χ0n) is 16.3. The SMILES string of the molecule is COc1cc2c(cc1OC)[C@@H](c1ccc(F)cc1)N(C(=O)NCCC(=O)O)CC2. The van der Waals surface area contributed by atoms with Gasteiger partial charge in [0.1, 0.15) is 5.82 Å². The van der Waals surface area contributed by atoms with Crippen LogP contribution in [0.4, 0.5) is 9.18 Å². The number of fused-ring (bicyclic) bond motifs is 1. The molecule has 0 fully saturated rings. The predicted octanol–water partition coefficient (Wildman–Crippen LogP) is 2.97. The molecule has 0 unspecified atom stereocenters. The first-order valence-corrected chi connectivity index (χ1v) is 9.21. The van der Waals surface area contributed by atoms with Crippen molar-refractivity contribution in [1.82, 2.24) is 10.2 Å². The lowest BCUT2D eigenvalue weighted by molar-refractivity contribution is -0.136. The molecule has 2 amide bonds. The minimum atomic E-state index is -0.985. The Bertz CT molecular complexity index is 901. The molecule has 1 atom stereocenters. The number of nitrogens with one attached hydrogen (secondary N) is 1. The molecule has 2 N–H and O–H groups in total. The van der Waals surface area contributed by atoms with Crippen molar-refractivity contribution in [3.05, 3.63) is 58.9 Å². The van der Waals surface area contributed by atoms with Crippen LogP contribution in [0.1, 0.15) is 29.2 Å². The number of aliphatic carboxylic acids is 1. The van der Waals surface area contributed by atoms with Crippen molar-refractivity contribution in [3.63, 3.8) is 0 Å². The van der Waals surface area contributed by atoms with Gasteiger partial charge < -0.3 is 24.8 Å². The van der Waals surface area contributed by atoms with Crippen molar-refractivity contribution in [2.24, 2.45) is 0 Å². The summed E-state index contributed by atoms with van der Waals surface area (Å²) in [5.41, 5.74) is 2.61. The summed E-state index contributed by atoms with van der Waals surface area (Å²) in [5, 5.41) is 11.5. The van der Waals surface area contributed by atoms with Crippen LogP contribution < -0.4 is 14.8 Å². The number of hydrogen-bond donors (Lipinski definition) is 2. The Labute approximate surface area is 168 Å². The third kappa shape index (κ3) is 4.42. The van der Waals surface area contributed by atoms with Gasteiger partial charge in [0.15, 0.2) is 11.5 Å². The second-order valence-electron chi connectivity index (χ2n) is 6.68. The maximum atomic E-state index is 13.5. The molecule has 0 saturated heterocycles. The smallest absolute Gasteiger partial charge is 0.318 e. The van der Waals surface area contributed by atoms with E-state index < -0.39 is 12.0 Å². The highest BCUT2D eigenvalue weighted by Gasteiger charge is 2.33. The van der Waals surface area contributed by atoms with Gasteiger partial charge in [0.2, 0.25) is 0 Å². The van der Waals surface area contributed by atoms with Gasteiger partial charge in [-0.25, -0.2) is 9.18 Å². The maximum absolute atomic E-state index is 13.5. The second-order valence-corrected chi connectivity index (χ2v) is 6.68. The van der Waals surface area contributed by atoms with Crippen LogP contribution in [-0.2, 0) is 11.2 Å². The summed E-state index contributed by atoms with van der Waals surface area (Å²) >= 11 is 0. The number of halogens is 1. The molecule has 0 spiro atoms. The lowest BCUT2D eigenvalue weighted by Crippen LogP contribution is -2.46. The van der Waals surface area contributed by atoms with Gasteiger partial charge in [0.05, 0.1) is 26.7 Å². The van der Waals surface area contributed by atoms with Gasteiger partial charge >= 0.3 is 12.0 Å². The van der Waals surface area contributed by atoms with Gasteiger partial charge in [-0.15, -0.1) is 0 Å². The van der Waals surface area contributed by atoms with E-state index in [0.29, 0.717) is 24.5 Å². The Morgan fingerprint density at radius 1 is 1.17 bits per heavy atom. The quantitative estimate of drug-likeness (QED) is 0.776. The number of benzene rings is 2. The number of amides is 2. The molecule has 3 rings (SSSR count). The van der Waals surface area contributed by atoms with Gasteiger partial charge in [-0.1, -0.05) is 12.1 Å². The van der Waals surface area contributed by atoms with E-state index in [9.17, 15) is 14.0 Å². The first-order valence-electron chi connectivity index (χ1n) is 9.21. The predicted molar refractivity (Wildman–Crippen MR) is 104 cm³/mol. The highest BCUT2D eigenvalue weighted by atomic mass is 19.1. The van der Waals surface area contributed by atoms with Crippen LogP contribution in [0, 0.1) is 5.82 Å². The van der Waals surface area contributed by atoms with E-state index in [1.165, 1.54) is 19.2 Å². The van der Waals surface area contributed by atoms with E-state index in [1.54, 1.807) is 24.1 Å². The van der Waals surface area contributed by atoms with Crippen molar-refractivity contribution in [1.29, 1.82) is 0 Å². The van der Waals surface area contributed by atoms with Gasteiger partial charge in [0, 0.05) is 13.1 Å². The minimum absolute atomic E-state index is 0.0274. The third-order valence-electron chi connectivity index (χ3n) is 4.94. The summed E-state index contributed by atoms with van der Waals surface area (Å²) < 4.78 is 24.3. The maximum Gasteiger partial charge on any atom is 0.318 e. The number of carbonyl (C=O) groups is 2. The van der Waals surface area contributed by atoms with Crippen molar-refractivity contribution < 1.29 is 28.6 Å². The number of nitrogens with zero attached hydrogens (tertiary/aromatic N) is 1. The fraction of sp³-hybridized carbons (Fsp3) is 0.333. The van der Waals surface area contributed by atoms with E-state index >= 15 is 0 Å². The number of carboxylic acid groups (broad SMARTS) is 1. The number of rotatable bonds is 6. The van der Waals surface area contributed by atoms with Crippen molar-refractivity contribution in [2.45, 2.75) is 18.9 Å². The Morgan fingerprint density at radius 2 is 1.83 bits per heavy atom. The van der Waals surface area contributed by atoms with Crippen LogP contribution in [0.5, 0.6) is 11.5 Å². The second kappa shape index (κ2) is 8.81. The van der Waals surface area contributed by atoms with E-state index in [0.717, 1.165) is 16.7 Å².